The Labute approximate surface area is 129 Å². The van der Waals surface area contributed by atoms with E-state index in [1.54, 1.807) is 18.2 Å². The number of hydrogen-bond acceptors (Lipinski definition) is 2. The van der Waals surface area contributed by atoms with E-state index in [-0.39, 0.29) is 12.5 Å². The van der Waals surface area contributed by atoms with E-state index in [4.69, 9.17) is 27.9 Å². The van der Waals surface area contributed by atoms with Crippen LogP contribution in [0.1, 0.15) is 32.1 Å². The van der Waals surface area contributed by atoms with Gasteiger partial charge in [-0.05, 0) is 25.0 Å². The number of benzene rings is 1. The number of likely N-dealkylation sites (N-methyl/N-ethyl adjacent to an activating group) is 1. The summed E-state index contributed by atoms with van der Waals surface area (Å²) in [6.45, 7) is 0.0327. The van der Waals surface area contributed by atoms with Gasteiger partial charge in [0.15, 0.2) is 6.61 Å². The van der Waals surface area contributed by atoms with Crippen LogP contribution in [0.3, 0.4) is 0 Å². The summed E-state index contributed by atoms with van der Waals surface area (Å²) in [7, 11) is 1.86. The van der Waals surface area contributed by atoms with E-state index in [0.717, 1.165) is 12.8 Å². The van der Waals surface area contributed by atoms with E-state index in [0.29, 0.717) is 21.8 Å². The van der Waals surface area contributed by atoms with Gasteiger partial charge in [-0.2, -0.15) is 0 Å². The zero-order valence-corrected chi connectivity index (χ0v) is 13.1. The molecule has 1 amide bonds. The Balaban J connectivity index is 1.86. The molecule has 0 aliphatic heterocycles. The minimum atomic E-state index is 0.00275. The molecule has 0 atom stereocenters. The first-order valence-corrected chi connectivity index (χ1v) is 7.67. The lowest BCUT2D eigenvalue weighted by Gasteiger charge is -2.31. The van der Waals surface area contributed by atoms with Crippen molar-refractivity contribution in [1.29, 1.82) is 0 Å². The van der Waals surface area contributed by atoms with Gasteiger partial charge in [-0.15, -0.1) is 0 Å². The van der Waals surface area contributed by atoms with Crippen LogP contribution < -0.4 is 4.74 Å². The molecule has 1 aliphatic carbocycles. The Morgan fingerprint density at radius 1 is 1.25 bits per heavy atom. The summed E-state index contributed by atoms with van der Waals surface area (Å²) in [6, 6.07) is 5.35. The van der Waals surface area contributed by atoms with Crippen LogP contribution in [0.15, 0.2) is 18.2 Å². The molecular formula is C15H19Cl2NO2. The van der Waals surface area contributed by atoms with Crippen molar-refractivity contribution in [2.24, 2.45) is 0 Å². The Hall–Kier alpha value is -0.930. The maximum atomic E-state index is 12.1. The van der Waals surface area contributed by atoms with E-state index in [2.05, 4.69) is 0 Å². The van der Waals surface area contributed by atoms with Crippen molar-refractivity contribution in [2.45, 2.75) is 38.1 Å². The first-order valence-electron chi connectivity index (χ1n) is 6.91. The van der Waals surface area contributed by atoms with Gasteiger partial charge in [-0.3, -0.25) is 4.79 Å². The standard InChI is InChI=1S/C15H19Cl2NO2/c1-18(11-5-3-2-4-6-11)15(19)10-20-12-7-8-13(16)14(17)9-12/h7-9,11H,2-6,10H2,1H3. The van der Waals surface area contributed by atoms with E-state index in [1.807, 2.05) is 11.9 Å². The minimum Gasteiger partial charge on any atom is -0.484 e. The average Bonchev–Trinajstić information content (AvgIpc) is 2.48. The molecule has 0 aromatic heterocycles. The van der Waals surface area contributed by atoms with Crippen LogP contribution in [-0.2, 0) is 4.79 Å². The summed E-state index contributed by atoms with van der Waals surface area (Å²) >= 11 is 11.7. The minimum absolute atomic E-state index is 0.00275. The number of ether oxygens (including phenoxy) is 1. The van der Waals surface area contributed by atoms with Gasteiger partial charge >= 0.3 is 0 Å². The van der Waals surface area contributed by atoms with E-state index in [9.17, 15) is 4.79 Å². The third-order valence-electron chi connectivity index (χ3n) is 3.77. The molecule has 5 heteroatoms. The van der Waals surface area contributed by atoms with Crippen LogP contribution in [-0.4, -0.2) is 30.5 Å². The van der Waals surface area contributed by atoms with Crippen molar-refractivity contribution in [2.75, 3.05) is 13.7 Å². The Bertz CT molecular complexity index is 473. The molecule has 0 spiro atoms. The van der Waals surface area contributed by atoms with Gasteiger partial charge in [0.05, 0.1) is 10.0 Å². The van der Waals surface area contributed by atoms with Gasteiger partial charge in [-0.25, -0.2) is 0 Å². The van der Waals surface area contributed by atoms with Gasteiger partial charge < -0.3 is 9.64 Å². The summed E-state index contributed by atoms with van der Waals surface area (Å²) in [5.74, 6) is 0.563. The number of nitrogens with zero attached hydrogens (tertiary/aromatic N) is 1. The highest BCUT2D eigenvalue weighted by Gasteiger charge is 2.22. The molecule has 0 heterocycles. The fourth-order valence-electron chi connectivity index (χ4n) is 2.49. The lowest BCUT2D eigenvalue weighted by atomic mass is 9.94. The number of rotatable bonds is 4. The highest BCUT2D eigenvalue weighted by atomic mass is 35.5. The molecule has 1 saturated carbocycles. The molecule has 0 unspecified atom stereocenters. The maximum Gasteiger partial charge on any atom is 0.260 e. The summed E-state index contributed by atoms with van der Waals surface area (Å²) in [5.41, 5.74) is 0. The Morgan fingerprint density at radius 3 is 2.60 bits per heavy atom. The summed E-state index contributed by atoms with van der Waals surface area (Å²) in [5, 5.41) is 0.905. The average molecular weight is 316 g/mol. The van der Waals surface area contributed by atoms with Crippen LogP contribution in [0.2, 0.25) is 10.0 Å². The predicted octanol–water partition coefficient (Wildman–Crippen LogP) is 4.16. The van der Waals surface area contributed by atoms with E-state index < -0.39 is 0 Å². The molecule has 0 radical (unpaired) electrons. The van der Waals surface area contributed by atoms with Crippen molar-refractivity contribution in [3.8, 4) is 5.75 Å². The lowest BCUT2D eigenvalue weighted by molar-refractivity contribution is -0.134. The number of amides is 1. The highest BCUT2D eigenvalue weighted by Crippen LogP contribution is 2.26. The molecule has 110 valence electrons. The monoisotopic (exact) mass is 315 g/mol. The van der Waals surface area contributed by atoms with Crippen LogP contribution >= 0.6 is 23.2 Å². The quantitative estimate of drug-likeness (QED) is 0.834. The zero-order chi connectivity index (χ0) is 14.5. The molecule has 1 aromatic carbocycles. The van der Waals surface area contributed by atoms with Crippen molar-refractivity contribution in [3.05, 3.63) is 28.2 Å². The van der Waals surface area contributed by atoms with Crippen molar-refractivity contribution in [3.63, 3.8) is 0 Å². The third-order valence-corrected chi connectivity index (χ3v) is 4.51. The number of carbonyl (C=O) groups excluding carboxylic acids is 1. The first-order chi connectivity index (χ1) is 9.58. The molecule has 20 heavy (non-hydrogen) atoms. The third kappa shape index (κ3) is 4.03. The van der Waals surface area contributed by atoms with E-state index in [1.165, 1.54) is 19.3 Å². The van der Waals surface area contributed by atoms with Gasteiger partial charge in [0.1, 0.15) is 5.75 Å². The SMILES string of the molecule is CN(C(=O)COc1ccc(Cl)c(Cl)c1)C1CCCCC1. The second kappa shape index (κ2) is 7.19. The van der Waals surface area contributed by atoms with Gasteiger partial charge in [-0.1, -0.05) is 42.5 Å². The Kier molecular flexibility index (Phi) is 5.55. The number of hydrogen-bond donors (Lipinski definition) is 0. The summed E-state index contributed by atoms with van der Waals surface area (Å²) < 4.78 is 5.48. The van der Waals surface area contributed by atoms with Gasteiger partial charge in [0, 0.05) is 19.2 Å². The van der Waals surface area contributed by atoms with Crippen LogP contribution in [0.25, 0.3) is 0 Å². The number of halogens is 2. The molecule has 2 rings (SSSR count). The molecule has 0 bridgehead atoms. The largest absolute Gasteiger partial charge is 0.484 e. The maximum absolute atomic E-state index is 12.1. The van der Waals surface area contributed by atoms with Crippen molar-refractivity contribution in [1.82, 2.24) is 4.90 Å². The first kappa shape index (κ1) is 15.5. The molecule has 0 saturated heterocycles. The summed E-state index contributed by atoms with van der Waals surface area (Å²) in [6.07, 6.45) is 5.87. The molecule has 3 nitrogen and oxygen atoms in total. The second-order valence-corrected chi connectivity index (χ2v) is 5.98. The van der Waals surface area contributed by atoms with Gasteiger partial charge in [0.2, 0.25) is 0 Å². The molecular weight excluding hydrogens is 297 g/mol. The Morgan fingerprint density at radius 2 is 1.95 bits per heavy atom. The highest BCUT2D eigenvalue weighted by molar-refractivity contribution is 6.42. The smallest absolute Gasteiger partial charge is 0.260 e. The molecule has 0 N–H and O–H groups in total. The topological polar surface area (TPSA) is 29.5 Å². The van der Waals surface area contributed by atoms with Crippen molar-refractivity contribution >= 4 is 29.1 Å². The molecule has 1 fully saturated rings. The molecule has 1 aromatic rings. The second-order valence-electron chi connectivity index (χ2n) is 5.16. The summed E-state index contributed by atoms with van der Waals surface area (Å²) in [4.78, 5) is 13.9. The lowest BCUT2D eigenvalue weighted by Crippen LogP contribution is -2.40. The zero-order valence-electron chi connectivity index (χ0n) is 11.6. The fraction of sp³-hybridized carbons (Fsp3) is 0.533. The van der Waals surface area contributed by atoms with E-state index >= 15 is 0 Å². The number of carbonyl (C=O) groups is 1. The van der Waals surface area contributed by atoms with Gasteiger partial charge in [0.25, 0.3) is 5.91 Å². The van der Waals surface area contributed by atoms with Crippen LogP contribution in [0.4, 0.5) is 0 Å². The predicted molar refractivity (Wildman–Crippen MR) is 81.6 cm³/mol. The van der Waals surface area contributed by atoms with Crippen LogP contribution in [0.5, 0.6) is 5.75 Å². The van der Waals surface area contributed by atoms with Crippen LogP contribution in [0, 0.1) is 0 Å². The molecule has 1 aliphatic rings. The fourth-order valence-corrected chi connectivity index (χ4v) is 2.77. The van der Waals surface area contributed by atoms with Crippen molar-refractivity contribution < 1.29 is 9.53 Å². The normalized spacial score (nSPS) is 15.9.